The van der Waals surface area contributed by atoms with Gasteiger partial charge in [0.2, 0.25) is 5.89 Å². The number of aromatic nitrogens is 1. The highest BCUT2D eigenvalue weighted by molar-refractivity contribution is 6.42. The molecule has 0 saturated carbocycles. The molecule has 30 heavy (non-hydrogen) atoms. The Bertz CT molecular complexity index is 1220. The van der Waals surface area contributed by atoms with E-state index in [-0.39, 0.29) is 5.91 Å². The van der Waals surface area contributed by atoms with Crippen molar-refractivity contribution in [2.24, 2.45) is 0 Å². The van der Waals surface area contributed by atoms with Crippen molar-refractivity contribution in [2.45, 2.75) is 0 Å². The van der Waals surface area contributed by atoms with Gasteiger partial charge in [-0.15, -0.1) is 0 Å². The van der Waals surface area contributed by atoms with Gasteiger partial charge in [0.05, 0.1) is 28.9 Å². The van der Waals surface area contributed by atoms with Crippen molar-refractivity contribution in [3.8, 4) is 28.5 Å². The second-order valence-electron chi connectivity index (χ2n) is 6.39. The number of anilines is 1. The summed E-state index contributed by atoms with van der Waals surface area (Å²) in [4.78, 5) is 17.3. The summed E-state index contributed by atoms with van der Waals surface area (Å²) >= 11 is 12.0. The second-order valence-corrected chi connectivity index (χ2v) is 7.20. The average molecular weight is 439 g/mol. The van der Waals surface area contributed by atoms with Gasteiger partial charge in [0.1, 0.15) is 5.75 Å². The Morgan fingerprint density at radius 1 is 1.00 bits per heavy atom. The van der Waals surface area contributed by atoms with Crippen LogP contribution in [0.15, 0.2) is 77.3 Å². The molecule has 4 rings (SSSR count). The molecule has 1 aromatic heterocycles. The molecule has 7 heteroatoms. The zero-order valence-corrected chi connectivity index (χ0v) is 17.4. The maximum absolute atomic E-state index is 12.9. The Morgan fingerprint density at radius 3 is 2.63 bits per heavy atom. The fraction of sp³-hybridized carbons (Fsp3) is 0.0435. The molecule has 3 aromatic carbocycles. The van der Waals surface area contributed by atoms with E-state index in [1.807, 2.05) is 30.3 Å². The van der Waals surface area contributed by atoms with E-state index in [1.165, 1.54) is 0 Å². The minimum atomic E-state index is -0.315. The molecule has 1 amide bonds. The largest absolute Gasteiger partial charge is 0.497 e. The molecule has 150 valence electrons. The van der Waals surface area contributed by atoms with Crippen molar-refractivity contribution in [3.05, 3.63) is 88.5 Å². The van der Waals surface area contributed by atoms with Crippen LogP contribution in [0, 0.1) is 0 Å². The first kappa shape index (κ1) is 20.0. The summed E-state index contributed by atoms with van der Waals surface area (Å²) in [5, 5.41) is 3.60. The fourth-order valence-corrected chi connectivity index (χ4v) is 3.25. The molecule has 0 aliphatic rings. The number of benzene rings is 3. The van der Waals surface area contributed by atoms with Gasteiger partial charge in [-0.3, -0.25) is 4.79 Å². The van der Waals surface area contributed by atoms with Crippen LogP contribution in [0.5, 0.6) is 5.75 Å². The second kappa shape index (κ2) is 8.61. The summed E-state index contributed by atoms with van der Waals surface area (Å²) in [5.41, 5.74) is 2.35. The Balaban J connectivity index is 1.64. The van der Waals surface area contributed by atoms with Crippen molar-refractivity contribution in [1.82, 2.24) is 4.98 Å². The maximum atomic E-state index is 12.9. The molecule has 0 aliphatic heterocycles. The number of hydrogen-bond donors (Lipinski definition) is 1. The molecule has 0 radical (unpaired) electrons. The Hall–Kier alpha value is -3.28. The van der Waals surface area contributed by atoms with E-state index in [0.717, 1.165) is 5.56 Å². The minimum absolute atomic E-state index is 0.315. The van der Waals surface area contributed by atoms with Gasteiger partial charge in [-0.2, -0.15) is 0 Å². The first-order valence-electron chi connectivity index (χ1n) is 9.01. The van der Waals surface area contributed by atoms with Crippen LogP contribution in [0.1, 0.15) is 10.4 Å². The van der Waals surface area contributed by atoms with Gasteiger partial charge in [-0.05, 0) is 42.5 Å². The van der Waals surface area contributed by atoms with Gasteiger partial charge in [0.25, 0.3) is 5.91 Å². The summed E-state index contributed by atoms with van der Waals surface area (Å²) in [6.07, 6.45) is 1.62. The van der Waals surface area contributed by atoms with Crippen molar-refractivity contribution in [1.29, 1.82) is 0 Å². The summed E-state index contributed by atoms with van der Waals surface area (Å²) in [5.74, 6) is 1.31. The predicted octanol–water partition coefficient (Wildman–Crippen LogP) is 6.58. The Morgan fingerprint density at radius 2 is 1.83 bits per heavy atom. The fourth-order valence-electron chi connectivity index (χ4n) is 2.95. The molecular weight excluding hydrogens is 423 g/mol. The van der Waals surface area contributed by atoms with Crippen LogP contribution in [-0.2, 0) is 0 Å². The van der Waals surface area contributed by atoms with Gasteiger partial charge in [-0.1, -0.05) is 47.5 Å². The van der Waals surface area contributed by atoms with Gasteiger partial charge >= 0.3 is 0 Å². The number of rotatable bonds is 5. The van der Waals surface area contributed by atoms with E-state index < -0.39 is 0 Å². The van der Waals surface area contributed by atoms with Gasteiger partial charge < -0.3 is 14.5 Å². The monoisotopic (exact) mass is 438 g/mol. The number of carbonyl (C=O) groups excluding carboxylic acids is 1. The third-order valence-corrected chi connectivity index (χ3v) is 5.18. The number of halogens is 2. The third kappa shape index (κ3) is 4.17. The molecule has 0 spiro atoms. The summed E-state index contributed by atoms with van der Waals surface area (Å²) < 4.78 is 11.2. The highest BCUT2D eigenvalue weighted by atomic mass is 35.5. The van der Waals surface area contributed by atoms with Crippen LogP contribution in [0.2, 0.25) is 10.0 Å². The standard InChI is InChI=1S/C23H16Cl2N2O3/c1-29-16-6-4-5-14(11-16)21-13-26-23(30-21)18-8-3-2-7-17(18)22(28)27-15-9-10-19(24)20(25)12-15/h2-13H,1H3,(H,27,28). The molecule has 0 bridgehead atoms. The lowest BCUT2D eigenvalue weighted by molar-refractivity contribution is 0.102. The smallest absolute Gasteiger partial charge is 0.256 e. The molecule has 0 atom stereocenters. The summed E-state index contributed by atoms with van der Waals surface area (Å²) in [7, 11) is 1.60. The first-order chi connectivity index (χ1) is 14.5. The SMILES string of the molecule is COc1cccc(-c2cnc(-c3ccccc3C(=O)Nc3ccc(Cl)c(Cl)c3)o2)c1. The zero-order valence-electron chi connectivity index (χ0n) is 15.9. The lowest BCUT2D eigenvalue weighted by Gasteiger charge is -2.09. The van der Waals surface area contributed by atoms with E-state index in [2.05, 4.69) is 10.3 Å². The predicted molar refractivity (Wildman–Crippen MR) is 118 cm³/mol. The Kier molecular flexibility index (Phi) is 5.74. The van der Waals surface area contributed by atoms with Crippen LogP contribution in [0.25, 0.3) is 22.8 Å². The molecule has 0 fully saturated rings. The molecule has 4 aromatic rings. The lowest BCUT2D eigenvalue weighted by Crippen LogP contribution is -2.13. The molecule has 0 aliphatic carbocycles. The van der Waals surface area contributed by atoms with Crippen molar-refractivity contribution in [3.63, 3.8) is 0 Å². The van der Waals surface area contributed by atoms with Crippen molar-refractivity contribution < 1.29 is 13.9 Å². The number of ether oxygens (including phenoxy) is 1. The minimum Gasteiger partial charge on any atom is -0.497 e. The average Bonchev–Trinajstić information content (AvgIpc) is 3.26. The quantitative estimate of drug-likeness (QED) is 0.382. The number of nitrogens with zero attached hydrogens (tertiary/aromatic N) is 1. The molecule has 5 nitrogen and oxygen atoms in total. The van der Waals surface area contributed by atoms with Crippen LogP contribution >= 0.6 is 23.2 Å². The van der Waals surface area contributed by atoms with Gasteiger partial charge in [0.15, 0.2) is 5.76 Å². The third-order valence-electron chi connectivity index (χ3n) is 4.44. The van der Waals surface area contributed by atoms with E-state index in [9.17, 15) is 4.79 Å². The molecule has 0 saturated heterocycles. The van der Waals surface area contributed by atoms with Crippen molar-refractivity contribution >= 4 is 34.8 Å². The highest BCUT2D eigenvalue weighted by Crippen LogP contribution is 2.31. The van der Waals surface area contributed by atoms with Gasteiger partial charge in [0, 0.05) is 16.8 Å². The zero-order chi connectivity index (χ0) is 21.1. The lowest BCUT2D eigenvalue weighted by atomic mass is 10.1. The van der Waals surface area contributed by atoms with E-state index >= 15 is 0 Å². The first-order valence-corrected chi connectivity index (χ1v) is 9.77. The number of nitrogens with one attached hydrogen (secondary N) is 1. The summed E-state index contributed by atoms with van der Waals surface area (Å²) in [6, 6.07) is 19.5. The van der Waals surface area contributed by atoms with Crippen molar-refractivity contribution in [2.75, 3.05) is 12.4 Å². The van der Waals surface area contributed by atoms with E-state index in [4.69, 9.17) is 32.4 Å². The van der Waals surface area contributed by atoms with Crippen LogP contribution < -0.4 is 10.1 Å². The van der Waals surface area contributed by atoms with Crippen LogP contribution in [-0.4, -0.2) is 18.0 Å². The number of oxazole rings is 1. The number of hydrogen-bond acceptors (Lipinski definition) is 4. The maximum Gasteiger partial charge on any atom is 0.256 e. The highest BCUT2D eigenvalue weighted by Gasteiger charge is 2.17. The summed E-state index contributed by atoms with van der Waals surface area (Å²) in [6.45, 7) is 0. The number of carbonyl (C=O) groups is 1. The normalized spacial score (nSPS) is 10.6. The number of methoxy groups -OCH3 is 1. The van der Waals surface area contributed by atoms with E-state index in [0.29, 0.717) is 44.3 Å². The topological polar surface area (TPSA) is 64.4 Å². The van der Waals surface area contributed by atoms with E-state index in [1.54, 1.807) is 49.7 Å². The number of amides is 1. The molecular formula is C23H16Cl2N2O3. The molecule has 1 heterocycles. The van der Waals surface area contributed by atoms with Gasteiger partial charge in [-0.25, -0.2) is 4.98 Å². The molecule has 1 N–H and O–H groups in total. The Labute approximate surface area is 183 Å². The van der Waals surface area contributed by atoms with Crippen LogP contribution in [0.3, 0.4) is 0 Å². The van der Waals surface area contributed by atoms with Crippen LogP contribution in [0.4, 0.5) is 5.69 Å². The molecule has 0 unspecified atom stereocenters.